The highest BCUT2D eigenvalue weighted by molar-refractivity contribution is 6.32. The van der Waals surface area contributed by atoms with Crippen LogP contribution in [0.4, 0.5) is 10.5 Å². The molecule has 1 saturated heterocycles. The number of H-pyrrole nitrogens is 1. The van der Waals surface area contributed by atoms with Gasteiger partial charge in [-0.2, -0.15) is 0 Å². The molecule has 0 unspecified atom stereocenters. The van der Waals surface area contributed by atoms with E-state index in [-0.39, 0.29) is 18.5 Å². The van der Waals surface area contributed by atoms with Gasteiger partial charge in [0.05, 0.1) is 11.2 Å². The Balaban J connectivity index is 1.36. The van der Waals surface area contributed by atoms with E-state index in [4.69, 9.17) is 16.3 Å². The smallest absolute Gasteiger partial charge is 0.408 e. The molecule has 2 heterocycles. The Morgan fingerprint density at radius 1 is 1.12 bits per heavy atom. The number of nitrogens with one attached hydrogen (secondary N) is 3. The third-order valence-electron chi connectivity index (χ3n) is 5.77. The predicted octanol–water partition coefficient (Wildman–Crippen LogP) is 5.42. The zero-order valence-corrected chi connectivity index (χ0v) is 20.5. The lowest BCUT2D eigenvalue weighted by Gasteiger charge is -2.33. The Morgan fingerprint density at radius 3 is 2.50 bits per heavy atom. The summed E-state index contributed by atoms with van der Waals surface area (Å²) in [6.07, 6.45) is 1.03. The Kier molecular flexibility index (Phi) is 7.03. The van der Waals surface area contributed by atoms with E-state index >= 15 is 0 Å². The van der Waals surface area contributed by atoms with Crippen molar-refractivity contribution in [2.24, 2.45) is 0 Å². The molecule has 1 aliphatic rings. The number of hydrogen-bond donors (Lipinski definition) is 3. The first-order chi connectivity index (χ1) is 16.2. The van der Waals surface area contributed by atoms with Crippen LogP contribution in [-0.4, -0.2) is 53.2 Å². The summed E-state index contributed by atoms with van der Waals surface area (Å²) < 4.78 is 5.19. The van der Waals surface area contributed by atoms with Crippen LogP contribution in [0, 0.1) is 0 Å². The van der Waals surface area contributed by atoms with Crippen molar-refractivity contribution >= 4 is 40.2 Å². The zero-order valence-electron chi connectivity index (χ0n) is 19.8. The van der Waals surface area contributed by atoms with E-state index in [1.54, 1.807) is 25.7 Å². The quantitative estimate of drug-likeness (QED) is 0.453. The van der Waals surface area contributed by atoms with E-state index in [0.29, 0.717) is 18.1 Å². The molecule has 7 nitrogen and oxygen atoms in total. The minimum Gasteiger partial charge on any atom is -0.444 e. The van der Waals surface area contributed by atoms with Crippen molar-refractivity contribution in [1.82, 2.24) is 15.2 Å². The average molecular weight is 483 g/mol. The van der Waals surface area contributed by atoms with Gasteiger partial charge in [-0.15, -0.1) is 0 Å². The maximum Gasteiger partial charge on any atom is 0.408 e. The molecule has 2 amide bonds. The van der Waals surface area contributed by atoms with Crippen LogP contribution in [0.3, 0.4) is 0 Å². The summed E-state index contributed by atoms with van der Waals surface area (Å²) >= 11 is 6.41. The molecule has 0 saturated carbocycles. The average Bonchev–Trinajstić information content (AvgIpc) is 3.22. The molecule has 34 heavy (non-hydrogen) atoms. The number of rotatable bonds is 5. The Bertz CT molecular complexity index is 1160. The summed E-state index contributed by atoms with van der Waals surface area (Å²) in [6, 6.07) is 16.4. The number of aromatic nitrogens is 1. The third-order valence-corrected chi connectivity index (χ3v) is 5.99. The normalized spacial score (nSPS) is 14.8. The standard InChI is InChI=1S/C26H31ClN4O3/c1-26(2,3)34-25(33)28-16-23(32)31-11-9-20(10-12-31)29-22-15-19(27)13-18-14-21(30-24(18)22)17-7-5-4-6-8-17/h4-8,13-15,20,29-30H,9-12,16H2,1-3H3,(H,28,33). The van der Waals surface area contributed by atoms with Gasteiger partial charge in [0.1, 0.15) is 12.1 Å². The number of piperidine rings is 1. The van der Waals surface area contributed by atoms with Gasteiger partial charge >= 0.3 is 6.09 Å². The highest BCUT2D eigenvalue weighted by Gasteiger charge is 2.24. The minimum absolute atomic E-state index is 0.0628. The first kappa shape index (κ1) is 24.0. The van der Waals surface area contributed by atoms with Gasteiger partial charge in [-0.3, -0.25) is 4.79 Å². The van der Waals surface area contributed by atoms with Crippen molar-refractivity contribution in [2.45, 2.75) is 45.3 Å². The number of amides is 2. The molecule has 0 aliphatic carbocycles. The van der Waals surface area contributed by atoms with Gasteiger partial charge in [0.25, 0.3) is 0 Å². The molecule has 3 aromatic rings. The molecule has 3 N–H and O–H groups in total. The fourth-order valence-corrected chi connectivity index (χ4v) is 4.39. The van der Waals surface area contributed by atoms with Crippen molar-refractivity contribution in [3.8, 4) is 11.3 Å². The molecule has 4 rings (SSSR count). The number of nitrogens with zero attached hydrogens (tertiary/aromatic N) is 1. The van der Waals surface area contributed by atoms with Crippen LogP contribution in [0.5, 0.6) is 0 Å². The molecule has 1 aromatic heterocycles. The molecule has 0 atom stereocenters. The number of anilines is 1. The van der Waals surface area contributed by atoms with Crippen LogP contribution in [-0.2, 0) is 9.53 Å². The second-order valence-corrected chi connectivity index (χ2v) is 10.1. The first-order valence-electron chi connectivity index (χ1n) is 11.6. The molecular weight excluding hydrogens is 452 g/mol. The maximum absolute atomic E-state index is 12.5. The summed E-state index contributed by atoms with van der Waals surface area (Å²) in [5.74, 6) is -0.105. The zero-order chi connectivity index (χ0) is 24.3. The molecule has 1 aliphatic heterocycles. The number of carbonyl (C=O) groups is 2. The van der Waals surface area contributed by atoms with E-state index in [9.17, 15) is 9.59 Å². The van der Waals surface area contributed by atoms with Gasteiger partial charge in [-0.05, 0) is 57.4 Å². The van der Waals surface area contributed by atoms with Crippen LogP contribution in [0.1, 0.15) is 33.6 Å². The Morgan fingerprint density at radius 2 is 1.82 bits per heavy atom. The molecule has 1 fully saturated rings. The highest BCUT2D eigenvalue weighted by atomic mass is 35.5. The summed E-state index contributed by atoms with van der Waals surface area (Å²) in [5, 5.41) is 7.89. The number of fused-ring (bicyclic) bond motifs is 1. The number of carbonyl (C=O) groups excluding carboxylic acids is 2. The van der Waals surface area contributed by atoms with Crippen LogP contribution in [0.15, 0.2) is 48.5 Å². The monoisotopic (exact) mass is 482 g/mol. The molecule has 180 valence electrons. The summed E-state index contributed by atoms with van der Waals surface area (Å²) in [5.41, 5.74) is 3.54. The number of alkyl carbamates (subject to hydrolysis) is 1. The molecule has 2 aromatic carbocycles. The maximum atomic E-state index is 12.5. The summed E-state index contributed by atoms with van der Waals surface area (Å²) in [4.78, 5) is 29.6. The molecule has 8 heteroatoms. The van der Waals surface area contributed by atoms with Crippen LogP contribution < -0.4 is 10.6 Å². The lowest BCUT2D eigenvalue weighted by Crippen LogP contribution is -2.47. The first-order valence-corrected chi connectivity index (χ1v) is 11.9. The van der Waals surface area contributed by atoms with Gasteiger partial charge < -0.3 is 25.3 Å². The molecule has 0 bridgehead atoms. The van der Waals surface area contributed by atoms with Crippen LogP contribution in [0.2, 0.25) is 5.02 Å². The third kappa shape index (κ3) is 6.03. The van der Waals surface area contributed by atoms with Gasteiger partial charge in [-0.1, -0.05) is 41.9 Å². The van der Waals surface area contributed by atoms with Crippen molar-refractivity contribution in [3.05, 3.63) is 53.6 Å². The van der Waals surface area contributed by atoms with Crippen molar-refractivity contribution in [3.63, 3.8) is 0 Å². The van der Waals surface area contributed by atoms with E-state index in [1.807, 2.05) is 30.3 Å². The number of aromatic amines is 1. The van der Waals surface area contributed by atoms with Crippen molar-refractivity contribution in [1.29, 1.82) is 0 Å². The SMILES string of the molecule is CC(C)(C)OC(=O)NCC(=O)N1CCC(Nc2cc(Cl)cc3cc(-c4ccccc4)[nH]c23)CC1. The van der Waals surface area contributed by atoms with Gasteiger partial charge in [0.2, 0.25) is 5.91 Å². The van der Waals surface area contributed by atoms with E-state index < -0.39 is 11.7 Å². The second kappa shape index (κ2) is 9.97. The van der Waals surface area contributed by atoms with Crippen LogP contribution >= 0.6 is 11.6 Å². The number of hydrogen-bond acceptors (Lipinski definition) is 4. The van der Waals surface area contributed by atoms with Crippen molar-refractivity contribution < 1.29 is 14.3 Å². The Labute approximate surface area is 204 Å². The van der Waals surface area contributed by atoms with E-state index in [2.05, 4.69) is 33.8 Å². The lowest BCUT2D eigenvalue weighted by atomic mass is 10.0. The lowest BCUT2D eigenvalue weighted by molar-refractivity contribution is -0.131. The summed E-state index contributed by atoms with van der Waals surface area (Å²) in [6.45, 7) is 6.54. The molecular formula is C26H31ClN4O3. The largest absolute Gasteiger partial charge is 0.444 e. The van der Waals surface area contributed by atoms with Gasteiger partial charge in [0, 0.05) is 35.2 Å². The molecule has 0 radical (unpaired) electrons. The second-order valence-electron chi connectivity index (χ2n) is 9.62. The predicted molar refractivity (Wildman–Crippen MR) is 136 cm³/mol. The Hall–Kier alpha value is -3.19. The number of benzene rings is 2. The minimum atomic E-state index is -0.593. The summed E-state index contributed by atoms with van der Waals surface area (Å²) in [7, 11) is 0. The van der Waals surface area contributed by atoms with Gasteiger partial charge in [-0.25, -0.2) is 4.79 Å². The molecule has 0 spiro atoms. The van der Waals surface area contributed by atoms with Crippen molar-refractivity contribution in [2.75, 3.05) is 25.0 Å². The fourth-order valence-electron chi connectivity index (χ4n) is 4.16. The van der Waals surface area contributed by atoms with E-state index in [0.717, 1.165) is 40.7 Å². The van der Waals surface area contributed by atoms with Gasteiger partial charge in [0.15, 0.2) is 0 Å². The number of ether oxygens (including phenoxy) is 1. The topological polar surface area (TPSA) is 86.5 Å². The fraction of sp³-hybridized carbons (Fsp3) is 0.385. The highest BCUT2D eigenvalue weighted by Crippen LogP contribution is 2.33. The van der Waals surface area contributed by atoms with E-state index in [1.165, 1.54) is 0 Å². The number of halogens is 1. The van der Waals surface area contributed by atoms with Crippen LogP contribution in [0.25, 0.3) is 22.2 Å². The number of likely N-dealkylation sites (tertiary alicyclic amines) is 1.